The molecule has 0 amide bonds. The minimum Gasteiger partial charge on any atom is -0.399 e. The molecule has 1 heteroatoms. The molecule has 1 aliphatic carbocycles. The molecule has 0 heterocycles. The lowest BCUT2D eigenvalue weighted by Gasteiger charge is -2.14. The molecule has 0 radical (unpaired) electrons. The summed E-state index contributed by atoms with van der Waals surface area (Å²) in [5.74, 6) is 0. The first-order valence-corrected chi connectivity index (χ1v) is 5.31. The van der Waals surface area contributed by atoms with Crippen LogP contribution in [0.5, 0.6) is 0 Å². The van der Waals surface area contributed by atoms with Crippen molar-refractivity contribution in [1.82, 2.24) is 0 Å². The van der Waals surface area contributed by atoms with Crippen LogP contribution >= 0.6 is 0 Å². The van der Waals surface area contributed by atoms with Gasteiger partial charge < -0.3 is 5.73 Å². The van der Waals surface area contributed by atoms with Gasteiger partial charge in [0.15, 0.2) is 0 Å². The van der Waals surface area contributed by atoms with Crippen LogP contribution in [0.2, 0.25) is 0 Å². The van der Waals surface area contributed by atoms with Gasteiger partial charge in [-0.05, 0) is 37.3 Å². The highest BCUT2D eigenvalue weighted by molar-refractivity contribution is 5.34. The van der Waals surface area contributed by atoms with Crippen LogP contribution in [-0.2, 0) is 0 Å². The fraction of sp³-hybridized carbons (Fsp3) is 0.667. The molecular formula is C12H23N. The van der Waals surface area contributed by atoms with E-state index in [1.807, 2.05) is 0 Å². The van der Waals surface area contributed by atoms with E-state index in [4.69, 9.17) is 5.73 Å². The quantitative estimate of drug-likeness (QED) is 0.655. The SMILES string of the molecule is CCC.CCC1=C(N)C(C)=CCC1. The fourth-order valence-electron chi connectivity index (χ4n) is 1.35. The van der Waals surface area contributed by atoms with Gasteiger partial charge in [-0.25, -0.2) is 0 Å². The summed E-state index contributed by atoms with van der Waals surface area (Å²) in [4.78, 5) is 0. The Hall–Kier alpha value is -0.720. The molecule has 1 nitrogen and oxygen atoms in total. The third-order valence-electron chi connectivity index (χ3n) is 2.13. The van der Waals surface area contributed by atoms with E-state index in [0.717, 1.165) is 12.1 Å². The van der Waals surface area contributed by atoms with E-state index in [1.54, 1.807) is 0 Å². The Balaban J connectivity index is 0.000000424. The van der Waals surface area contributed by atoms with Crippen LogP contribution in [0.15, 0.2) is 22.9 Å². The van der Waals surface area contributed by atoms with Crippen molar-refractivity contribution in [3.63, 3.8) is 0 Å². The van der Waals surface area contributed by atoms with Crippen LogP contribution in [0, 0.1) is 0 Å². The highest BCUT2D eigenvalue weighted by Gasteiger charge is 2.06. The normalized spacial score (nSPS) is 16.2. The average molecular weight is 181 g/mol. The summed E-state index contributed by atoms with van der Waals surface area (Å²) in [5.41, 5.74) is 9.58. The molecule has 0 aromatic carbocycles. The maximum Gasteiger partial charge on any atom is 0.0332 e. The molecule has 0 saturated carbocycles. The molecule has 0 aliphatic heterocycles. The number of hydrogen-bond donors (Lipinski definition) is 1. The third-order valence-corrected chi connectivity index (χ3v) is 2.13. The van der Waals surface area contributed by atoms with Crippen molar-refractivity contribution in [3.8, 4) is 0 Å². The smallest absolute Gasteiger partial charge is 0.0332 e. The number of rotatable bonds is 1. The Morgan fingerprint density at radius 3 is 2.23 bits per heavy atom. The van der Waals surface area contributed by atoms with Crippen molar-refractivity contribution in [2.45, 2.75) is 53.4 Å². The Labute approximate surface area is 82.7 Å². The van der Waals surface area contributed by atoms with E-state index >= 15 is 0 Å². The van der Waals surface area contributed by atoms with Crippen LogP contribution < -0.4 is 5.73 Å². The van der Waals surface area contributed by atoms with Crippen LogP contribution in [-0.4, -0.2) is 0 Å². The lowest BCUT2D eigenvalue weighted by molar-refractivity contribution is 0.854. The second kappa shape index (κ2) is 6.76. The van der Waals surface area contributed by atoms with Gasteiger partial charge in [0.2, 0.25) is 0 Å². The number of hydrogen-bond acceptors (Lipinski definition) is 1. The van der Waals surface area contributed by atoms with Crippen LogP contribution in [0.3, 0.4) is 0 Å². The zero-order chi connectivity index (χ0) is 10.3. The van der Waals surface area contributed by atoms with Gasteiger partial charge in [-0.2, -0.15) is 0 Å². The zero-order valence-corrected chi connectivity index (χ0v) is 9.48. The van der Waals surface area contributed by atoms with Crippen molar-refractivity contribution < 1.29 is 0 Å². The van der Waals surface area contributed by atoms with Gasteiger partial charge >= 0.3 is 0 Å². The molecule has 0 atom stereocenters. The summed E-state index contributed by atoms with van der Waals surface area (Å²) in [7, 11) is 0. The van der Waals surface area contributed by atoms with Crippen molar-refractivity contribution in [2.75, 3.05) is 0 Å². The van der Waals surface area contributed by atoms with E-state index < -0.39 is 0 Å². The molecule has 76 valence electrons. The molecule has 13 heavy (non-hydrogen) atoms. The van der Waals surface area contributed by atoms with E-state index in [1.165, 1.54) is 30.4 Å². The van der Waals surface area contributed by atoms with E-state index in [2.05, 4.69) is 33.8 Å². The van der Waals surface area contributed by atoms with Crippen molar-refractivity contribution in [2.24, 2.45) is 5.73 Å². The van der Waals surface area contributed by atoms with Gasteiger partial charge in [-0.3, -0.25) is 0 Å². The summed E-state index contributed by atoms with van der Waals surface area (Å²) in [6, 6.07) is 0. The van der Waals surface area contributed by atoms with E-state index in [0.29, 0.717) is 0 Å². The Kier molecular flexibility index (Phi) is 6.38. The summed E-state index contributed by atoms with van der Waals surface area (Å²) in [5, 5.41) is 0. The standard InChI is InChI=1S/C9H15N.C3H8/c1-3-8-6-4-5-7(2)9(8)10;1-3-2/h5H,3-4,6,10H2,1-2H3;3H2,1-2H3. The van der Waals surface area contributed by atoms with E-state index in [9.17, 15) is 0 Å². The topological polar surface area (TPSA) is 26.0 Å². The van der Waals surface area contributed by atoms with Crippen LogP contribution in [0.4, 0.5) is 0 Å². The molecule has 0 aromatic rings. The first-order chi connectivity index (χ1) is 6.17. The molecule has 1 rings (SSSR count). The lowest BCUT2D eigenvalue weighted by atomic mass is 9.95. The number of allylic oxidation sites excluding steroid dienone is 3. The maximum atomic E-state index is 5.84. The summed E-state index contributed by atoms with van der Waals surface area (Å²) < 4.78 is 0. The summed E-state index contributed by atoms with van der Waals surface area (Å²) >= 11 is 0. The predicted octanol–water partition coefficient (Wildman–Crippen LogP) is 3.77. The van der Waals surface area contributed by atoms with Gasteiger partial charge in [0.1, 0.15) is 0 Å². The Morgan fingerprint density at radius 1 is 1.31 bits per heavy atom. The molecule has 0 saturated heterocycles. The van der Waals surface area contributed by atoms with E-state index in [-0.39, 0.29) is 0 Å². The van der Waals surface area contributed by atoms with Gasteiger partial charge in [-0.15, -0.1) is 0 Å². The second-order valence-electron chi connectivity index (χ2n) is 3.50. The first kappa shape index (κ1) is 12.3. The first-order valence-electron chi connectivity index (χ1n) is 5.31. The molecule has 2 N–H and O–H groups in total. The van der Waals surface area contributed by atoms with Gasteiger partial charge in [0.25, 0.3) is 0 Å². The number of nitrogens with two attached hydrogens (primary N) is 1. The van der Waals surface area contributed by atoms with Crippen molar-refractivity contribution in [3.05, 3.63) is 22.9 Å². The predicted molar refractivity (Wildman–Crippen MR) is 60.5 cm³/mol. The van der Waals surface area contributed by atoms with Gasteiger partial charge in [0.05, 0.1) is 0 Å². The molecule has 0 spiro atoms. The molecule has 1 aliphatic rings. The minimum absolute atomic E-state index is 1.04. The minimum atomic E-state index is 1.04. The molecule has 0 bridgehead atoms. The second-order valence-corrected chi connectivity index (χ2v) is 3.50. The highest BCUT2D eigenvalue weighted by Crippen LogP contribution is 2.22. The monoisotopic (exact) mass is 181 g/mol. The van der Waals surface area contributed by atoms with Crippen molar-refractivity contribution >= 4 is 0 Å². The van der Waals surface area contributed by atoms with Gasteiger partial charge in [0, 0.05) is 5.70 Å². The average Bonchev–Trinajstić information content (AvgIpc) is 2.11. The highest BCUT2D eigenvalue weighted by atomic mass is 14.6. The maximum absolute atomic E-state index is 5.84. The summed E-state index contributed by atoms with van der Waals surface area (Å²) in [6.07, 6.45) is 6.92. The molecule has 0 aromatic heterocycles. The fourth-order valence-corrected chi connectivity index (χ4v) is 1.35. The summed E-state index contributed by atoms with van der Waals surface area (Å²) in [6.45, 7) is 8.50. The largest absolute Gasteiger partial charge is 0.399 e. The molecular weight excluding hydrogens is 158 g/mol. The molecule has 0 unspecified atom stereocenters. The third kappa shape index (κ3) is 4.16. The van der Waals surface area contributed by atoms with Crippen LogP contribution in [0.25, 0.3) is 0 Å². The Morgan fingerprint density at radius 2 is 1.85 bits per heavy atom. The van der Waals surface area contributed by atoms with Crippen molar-refractivity contribution in [1.29, 1.82) is 0 Å². The zero-order valence-electron chi connectivity index (χ0n) is 9.48. The molecule has 0 fully saturated rings. The lowest BCUT2D eigenvalue weighted by Crippen LogP contribution is -2.07. The van der Waals surface area contributed by atoms with Crippen LogP contribution in [0.1, 0.15) is 53.4 Å². The Bertz CT molecular complexity index is 199. The van der Waals surface area contributed by atoms with Gasteiger partial charge in [-0.1, -0.05) is 33.3 Å².